The van der Waals surface area contributed by atoms with Gasteiger partial charge in [0.25, 0.3) is 0 Å². The van der Waals surface area contributed by atoms with E-state index in [1.165, 1.54) is 0 Å². The summed E-state index contributed by atoms with van der Waals surface area (Å²) in [5, 5.41) is 0. The van der Waals surface area contributed by atoms with Gasteiger partial charge in [-0.05, 0) is 17.0 Å². The quantitative estimate of drug-likeness (QED) is 0.587. The Morgan fingerprint density at radius 1 is 1.50 bits per heavy atom. The zero-order valence-electron chi connectivity index (χ0n) is 8.45. The zero-order valence-corrected chi connectivity index (χ0v) is 8.45. The predicted molar refractivity (Wildman–Crippen MR) is 56.2 cm³/mol. The molecule has 1 aromatic rings. The van der Waals surface area contributed by atoms with Crippen molar-refractivity contribution in [3.05, 3.63) is 29.3 Å². The van der Waals surface area contributed by atoms with Crippen molar-refractivity contribution in [3.63, 3.8) is 0 Å². The average Bonchev–Trinajstić information content (AvgIpc) is 2.18. The Kier molecular flexibility index (Phi) is 3.57. The SMILES string of the molecule is CC(C)c1cccc(CN)c1N=C=O. The molecule has 0 aromatic heterocycles. The molecule has 0 aliphatic carbocycles. The van der Waals surface area contributed by atoms with Crippen molar-refractivity contribution in [2.75, 3.05) is 0 Å². The Morgan fingerprint density at radius 3 is 2.71 bits per heavy atom. The molecule has 0 unspecified atom stereocenters. The van der Waals surface area contributed by atoms with Crippen molar-refractivity contribution < 1.29 is 4.79 Å². The van der Waals surface area contributed by atoms with E-state index in [-0.39, 0.29) is 0 Å². The summed E-state index contributed by atoms with van der Waals surface area (Å²) in [5.41, 5.74) is 8.17. The van der Waals surface area contributed by atoms with Gasteiger partial charge in [-0.1, -0.05) is 32.0 Å². The third kappa shape index (κ3) is 2.08. The maximum absolute atomic E-state index is 10.3. The van der Waals surface area contributed by atoms with Gasteiger partial charge in [-0.2, -0.15) is 4.99 Å². The van der Waals surface area contributed by atoms with Crippen LogP contribution in [0.25, 0.3) is 0 Å². The molecule has 0 saturated heterocycles. The van der Waals surface area contributed by atoms with Crippen molar-refractivity contribution in [2.45, 2.75) is 26.3 Å². The fourth-order valence-corrected chi connectivity index (χ4v) is 1.42. The molecule has 1 rings (SSSR count). The van der Waals surface area contributed by atoms with Crippen molar-refractivity contribution in [1.29, 1.82) is 0 Å². The monoisotopic (exact) mass is 190 g/mol. The molecule has 3 heteroatoms. The molecular weight excluding hydrogens is 176 g/mol. The second-order valence-electron chi connectivity index (χ2n) is 3.42. The molecular formula is C11H14N2O. The number of hydrogen-bond donors (Lipinski definition) is 1. The predicted octanol–water partition coefficient (Wildman–Crippen LogP) is 2.24. The summed E-state index contributed by atoms with van der Waals surface area (Å²) < 4.78 is 0. The highest BCUT2D eigenvalue weighted by Crippen LogP contribution is 2.29. The van der Waals surface area contributed by atoms with Crippen LogP contribution in [-0.4, -0.2) is 6.08 Å². The van der Waals surface area contributed by atoms with Gasteiger partial charge in [0.1, 0.15) is 0 Å². The number of nitrogens with two attached hydrogens (primary N) is 1. The molecule has 0 spiro atoms. The number of rotatable bonds is 3. The fraction of sp³-hybridized carbons (Fsp3) is 0.364. The molecule has 0 atom stereocenters. The van der Waals surface area contributed by atoms with Crippen LogP contribution in [0.5, 0.6) is 0 Å². The summed E-state index contributed by atoms with van der Waals surface area (Å²) in [5.74, 6) is 0.327. The van der Waals surface area contributed by atoms with Gasteiger partial charge in [0.15, 0.2) is 0 Å². The normalized spacial score (nSPS) is 10.0. The lowest BCUT2D eigenvalue weighted by Crippen LogP contribution is -1.99. The smallest absolute Gasteiger partial charge is 0.240 e. The standard InChI is InChI=1S/C11H14N2O/c1-8(2)10-5-3-4-9(6-12)11(10)13-7-14/h3-5,8H,6,12H2,1-2H3. The maximum Gasteiger partial charge on any atom is 0.240 e. The maximum atomic E-state index is 10.3. The number of aliphatic imine (C=N–C) groups is 1. The number of nitrogens with zero attached hydrogens (tertiary/aromatic N) is 1. The first-order valence-corrected chi connectivity index (χ1v) is 4.60. The topological polar surface area (TPSA) is 55.4 Å². The highest BCUT2D eigenvalue weighted by atomic mass is 16.1. The summed E-state index contributed by atoms with van der Waals surface area (Å²) in [6.45, 7) is 4.50. The number of hydrogen-bond acceptors (Lipinski definition) is 3. The van der Waals surface area contributed by atoms with E-state index in [0.29, 0.717) is 18.2 Å². The molecule has 3 nitrogen and oxygen atoms in total. The van der Waals surface area contributed by atoms with Gasteiger partial charge in [-0.15, -0.1) is 0 Å². The first kappa shape index (κ1) is 10.6. The van der Waals surface area contributed by atoms with Gasteiger partial charge in [0.2, 0.25) is 6.08 Å². The fourth-order valence-electron chi connectivity index (χ4n) is 1.42. The van der Waals surface area contributed by atoms with Gasteiger partial charge < -0.3 is 5.73 Å². The van der Waals surface area contributed by atoms with E-state index in [1.54, 1.807) is 6.08 Å². The Morgan fingerprint density at radius 2 is 2.21 bits per heavy atom. The highest BCUT2D eigenvalue weighted by Gasteiger charge is 2.09. The van der Waals surface area contributed by atoms with Crippen LogP contribution in [0.1, 0.15) is 30.9 Å². The average molecular weight is 190 g/mol. The summed E-state index contributed by atoms with van der Waals surface area (Å²) in [6.07, 6.45) is 1.57. The van der Waals surface area contributed by atoms with Crippen LogP contribution < -0.4 is 5.73 Å². The van der Waals surface area contributed by atoms with Crippen molar-refractivity contribution in [2.24, 2.45) is 10.7 Å². The van der Waals surface area contributed by atoms with E-state index in [1.807, 2.05) is 18.2 Å². The largest absolute Gasteiger partial charge is 0.326 e. The van der Waals surface area contributed by atoms with E-state index < -0.39 is 0 Å². The second-order valence-corrected chi connectivity index (χ2v) is 3.42. The summed E-state index contributed by atoms with van der Waals surface area (Å²) in [4.78, 5) is 14.0. The summed E-state index contributed by atoms with van der Waals surface area (Å²) in [6, 6.07) is 5.77. The van der Waals surface area contributed by atoms with Gasteiger partial charge in [-0.3, -0.25) is 0 Å². The lowest BCUT2D eigenvalue weighted by molar-refractivity contribution is 0.565. The van der Waals surface area contributed by atoms with E-state index in [2.05, 4.69) is 18.8 Å². The molecule has 0 aliphatic rings. The van der Waals surface area contributed by atoms with E-state index in [9.17, 15) is 4.79 Å². The Balaban J connectivity index is 3.34. The van der Waals surface area contributed by atoms with Crippen molar-refractivity contribution in [3.8, 4) is 0 Å². The second kappa shape index (κ2) is 4.70. The number of carbonyl (C=O) groups excluding carboxylic acids is 1. The van der Waals surface area contributed by atoms with Crippen LogP contribution in [0.15, 0.2) is 23.2 Å². The number of para-hydroxylation sites is 1. The Hall–Kier alpha value is -1.44. The lowest BCUT2D eigenvalue weighted by Gasteiger charge is -2.11. The summed E-state index contributed by atoms with van der Waals surface area (Å²) >= 11 is 0. The molecule has 0 fully saturated rings. The molecule has 0 amide bonds. The molecule has 2 N–H and O–H groups in total. The Labute approximate surface area is 83.7 Å². The molecule has 0 saturated carbocycles. The van der Waals surface area contributed by atoms with E-state index >= 15 is 0 Å². The third-order valence-corrected chi connectivity index (χ3v) is 2.15. The molecule has 1 aromatic carbocycles. The molecule has 14 heavy (non-hydrogen) atoms. The van der Waals surface area contributed by atoms with Crippen LogP contribution in [-0.2, 0) is 11.3 Å². The van der Waals surface area contributed by atoms with Crippen molar-refractivity contribution >= 4 is 11.8 Å². The van der Waals surface area contributed by atoms with Gasteiger partial charge in [0, 0.05) is 6.54 Å². The summed E-state index contributed by atoms with van der Waals surface area (Å²) in [7, 11) is 0. The highest BCUT2D eigenvalue weighted by molar-refractivity contribution is 5.59. The van der Waals surface area contributed by atoms with Crippen LogP contribution in [0.4, 0.5) is 5.69 Å². The van der Waals surface area contributed by atoms with Gasteiger partial charge in [-0.25, -0.2) is 4.79 Å². The first-order chi connectivity index (χ1) is 6.70. The molecule has 0 heterocycles. The minimum atomic E-state index is 0.327. The van der Waals surface area contributed by atoms with E-state index in [4.69, 9.17) is 5.73 Å². The van der Waals surface area contributed by atoms with Gasteiger partial charge >= 0.3 is 0 Å². The third-order valence-electron chi connectivity index (χ3n) is 2.15. The lowest BCUT2D eigenvalue weighted by atomic mass is 9.98. The molecule has 74 valence electrons. The number of isocyanates is 1. The van der Waals surface area contributed by atoms with Crippen LogP contribution in [0.2, 0.25) is 0 Å². The van der Waals surface area contributed by atoms with Gasteiger partial charge in [0.05, 0.1) is 5.69 Å². The van der Waals surface area contributed by atoms with Crippen LogP contribution in [0.3, 0.4) is 0 Å². The Bertz CT molecular complexity index is 366. The van der Waals surface area contributed by atoms with Crippen LogP contribution >= 0.6 is 0 Å². The molecule has 0 aliphatic heterocycles. The molecule has 0 bridgehead atoms. The van der Waals surface area contributed by atoms with E-state index in [0.717, 1.165) is 11.1 Å². The zero-order chi connectivity index (χ0) is 10.6. The van der Waals surface area contributed by atoms with Crippen molar-refractivity contribution in [1.82, 2.24) is 0 Å². The minimum absolute atomic E-state index is 0.327. The molecule has 0 radical (unpaired) electrons. The number of benzene rings is 1. The van der Waals surface area contributed by atoms with Crippen LogP contribution in [0, 0.1) is 0 Å². The first-order valence-electron chi connectivity index (χ1n) is 4.60. The minimum Gasteiger partial charge on any atom is -0.326 e.